The van der Waals surface area contributed by atoms with Crippen LogP contribution in [0.4, 0.5) is 8.78 Å². The lowest BCUT2D eigenvalue weighted by molar-refractivity contribution is 0.0896. The number of ether oxygens (including phenoxy) is 2. The largest absolute Gasteiger partial charge is 0.383 e. The second-order valence-electron chi connectivity index (χ2n) is 6.37. The van der Waals surface area contributed by atoms with E-state index >= 15 is 0 Å². The molecule has 0 amide bonds. The fraction of sp³-hybridized carbons (Fsp3) is 0.400. The van der Waals surface area contributed by atoms with Crippen LogP contribution in [0.25, 0.3) is 0 Å². The summed E-state index contributed by atoms with van der Waals surface area (Å²) < 4.78 is 37.9. The van der Waals surface area contributed by atoms with Gasteiger partial charge in [0.25, 0.3) is 0 Å². The van der Waals surface area contributed by atoms with Gasteiger partial charge in [-0.15, -0.1) is 0 Å². The highest BCUT2D eigenvalue weighted by Crippen LogP contribution is 2.30. The third-order valence-electron chi connectivity index (χ3n) is 4.51. The third-order valence-corrected chi connectivity index (χ3v) is 4.51. The summed E-state index contributed by atoms with van der Waals surface area (Å²) in [4.78, 5) is 0. The summed E-state index contributed by atoms with van der Waals surface area (Å²) >= 11 is 0. The number of rotatable bonds is 7. The van der Waals surface area contributed by atoms with Crippen LogP contribution >= 0.6 is 0 Å². The van der Waals surface area contributed by atoms with E-state index in [1.807, 2.05) is 18.2 Å². The fourth-order valence-electron chi connectivity index (χ4n) is 3.35. The Balaban J connectivity index is 1.70. The molecule has 2 aromatic rings. The molecule has 1 N–H and O–H groups in total. The van der Waals surface area contributed by atoms with Crippen molar-refractivity contribution < 1.29 is 18.3 Å². The van der Waals surface area contributed by atoms with E-state index in [0.717, 1.165) is 18.9 Å². The number of nitrogens with one attached hydrogen (secondary N) is 1. The molecule has 0 bridgehead atoms. The molecular weight excluding hydrogens is 324 g/mol. The minimum Gasteiger partial charge on any atom is -0.383 e. The van der Waals surface area contributed by atoms with Gasteiger partial charge in [0.1, 0.15) is 0 Å². The Bertz CT molecular complexity index is 681. The van der Waals surface area contributed by atoms with Crippen molar-refractivity contribution in [1.82, 2.24) is 5.32 Å². The molecule has 0 saturated carbocycles. The second-order valence-corrected chi connectivity index (χ2v) is 6.37. The Morgan fingerprint density at radius 1 is 1.16 bits per heavy atom. The van der Waals surface area contributed by atoms with Crippen LogP contribution in [0, 0.1) is 11.6 Å². The maximum absolute atomic E-state index is 13.6. The van der Waals surface area contributed by atoms with Crippen LogP contribution in [0.15, 0.2) is 48.5 Å². The number of hydrogen-bond acceptors (Lipinski definition) is 3. The highest BCUT2D eigenvalue weighted by Gasteiger charge is 2.31. The number of hydrogen-bond donors (Lipinski definition) is 1. The van der Waals surface area contributed by atoms with E-state index in [0.29, 0.717) is 18.8 Å². The second kappa shape index (κ2) is 8.52. The molecule has 0 aliphatic carbocycles. The maximum atomic E-state index is 13.6. The van der Waals surface area contributed by atoms with Crippen LogP contribution in [0.2, 0.25) is 0 Å². The zero-order valence-electron chi connectivity index (χ0n) is 14.3. The van der Waals surface area contributed by atoms with E-state index in [1.165, 1.54) is 11.6 Å². The van der Waals surface area contributed by atoms with Crippen molar-refractivity contribution in [1.29, 1.82) is 0 Å². The quantitative estimate of drug-likeness (QED) is 0.829. The molecule has 0 aromatic heterocycles. The molecule has 3 atom stereocenters. The molecule has 1 aliphatic heterocycles. The van der Waals surface area contributed by atoms with E-state index in [4.69, 9.17) is 9.47 Å². The zero-order valence-corrected chi connectivity index (χ0v) is 14.3. The standard InChI is InChI=1S/C20H23F2NO2/c1-24-13-16(11-14-5-3-2-4-6-14)23-19-9-10-25-20(19)15-7-8-17(21)18(22)12-15/h2-8,12,16,19-20,23H,9-11,13H2,1H3/t16-,19-,20-/m0/s1. The third kappa shape index (κ3) is 4.63. The molecule has 134 valence electrons. The first-order valence-electron chi connectivity index (χ1n) is 8.53. The average Bonchev–Trinajstić information content (AvgIpc) is 3.06. The molecule has 25 heavy (non-hydrogen) atoms. The lowest BCUT2D eigenvalue weighted by Crippen LogP contribution is -2.43. The Hall–Kier alpha value is -1.82. The molecule has 0 unspecified atom stereocenters. The monoisotopic (exact) mass is 347 g/mol. The average molecular weight is 347 g/mol. The normalized spacial score (nSPS) is 21.4. The smallest absolute Gasteiger partial charge is 0.159 e. The summed E-state index contributed by atoms with van der Waals surface area (Å²) in [5.41, 5.74) is 1.88. The first kappa shape index (κ1) is 18.0. The van der Waals surface area contributed by atoms with E-state index in [-0.39, 0.29) is 18.2 Å². The SMILES string of the molecule is COC[C@H](Cc1ccccc1)N[C@H]1CCO[C@H]1c1ccc(F)c(F)c1. The molecule has 5 heteroatoms. The predicted octanol–water partition coefficient (Wildman–Crippen LogP) is 3.64. The molecule has 2 aromatic carbocycles. The van der Waals surface area contributed by atoms with Crippen LogP contribution in [0.5, 0.6) is 0 Å². The number of methoxy groups -OCH3 is 1. The van der Waals surface area contributed by atoms with Gasteiger partial charge < -0.3 is 14.8 Å². The van der Waals surface area contributed by atoms with E-state index in [1.54, 1.807) is 13.2 Å². The van der Waals surface area contributed by atoms with Gasteiger partial charge in [-0.25, -0.2) is 8.78 Å². The highest BCUT2D eigenvalue weighted by molar-refractivity contribution is 5.23. The van der Waals surface area contributed by atoms with Crippen LogP contribution in [-0.4, -0.2) is 32.4 Å². The van der Waals surface area contributed by atoms with Crippen molar-refractivity contribution >= 4 is 0 Å². The maximum Gasteiger partial charge on any atom is 0.159 e. The van der Waals surface area contributed by atoms with Crippen molar-refractivity contribution in [2.45, 2.75) is 31.0 Å². The molecule has 1 fully saturated rings. The van der Waals surface area contributed by atoms with Crippen LogP contribution in [0.1, 0.15) is 23.7 Å². The van der Waals surface area contributed by atoms with Gasteiger partial charge in [0, 0.05) is 25.8 Å². The van der Waals surface area contributed by atoms with Crippen molar-refractivity contribution in [2.24, 2.45) is 0 Å². The first-order valence-corrected chi connectivity index (χ1v) is 8.53. The van der Waals surface area contributed by atoms with Gasteiger partial charge in [0.05, 0.1) is 12.7 Å². The van der Waals surface area contributed by atoms with Crippen molar-refractivity contribution in [3.05, 3.63) is 71.3 Å². The Kier molecular flexibility index (Phi) is 6.13. The fourth-order valence-corrected chi connectivity index (χ4v) is 3.35. The lowest BCUT2D eigenvalue weighted by atomic mass is 9.99. The Labute approximate surface area is 147 Å². The van der Waals surface area contributed by atoms with Gasteiger partial charge in [0.15, 0.2) is 11.6 Å². The molecule has 0 spiro atoms. The van der Waals surface area contributed by atoms with Crippen LogP contribution in [0.3, 0.4) is 0 Å². The molecule has 1 saturated heterocycles. The van der Waals surface area contributed by atoms with Crippen LogP contribution in [-0.2, 0) is 15.9 Å². The molecule has 1 aliphatic rings. The molecule has 3 nitrogen and oxygen atoms in total. The van der Waals surface area contributed by atoms with E-state index in [2.05, 4.69) is 17.4 Å². The number of halogens is 2. The summed E-state index contributed by atoms with van der Waals surface area (Å²) in [6.07, 6.45) is 1.36. The molecule has 1 heterocycles. The lowest BCUT2D eigenvalue weighted by Gasteiger charge is -2.26. The molecular formula is C20H23F2NO2. The summed E-state index contributed by atoms with van der Waals surface area (Å²) in [7, 11) is 1.68. The summed E-state index contributed by atoms with van der Waals surface area (Å²) in [6.45, 7) is 1.16. The van der Waals surface area contributed by atoms with Gasteiger partial charge in [-0.2, -0.15) is 0 Å². The van der Waals surface area contributed by atoms with Gasteiger partial charge >= 0.3 is 0 Å². The minimum atomic E-state index is -0.843. The molecule has 3 rings (SSSR count). The van der Waals surface area contributed by atoms with Gasteiger partial charge in [-0.05, 0) is 36.1 Å². The van der Waals surface area contributed by atoms with Crippen molar-refractivity contribution in [3.63, 3.8) is 0 Å². The van der Waals surface area contributed by atoms with E-state index < -0.39 is 11.6 Å². The van der Waals surface area contributed by atoms with Gasteiger partial charge in [-0.1, -0.05) is 36.4 Å². The van der Waals surface area contributed by atoms with E-state index in [9.17, 15) is 8.78 Å². The predicted molar refractivity (Wildman–Crippen MR) is 92.4 cm³/mol. The number of benzene rings is 2. The minimum absolute atomic E-state index is 0.0359. The summed E-state index contributed by atoms with van der Waals surface area (Å²) in [5, 5.41) is 3.58. The topological polar surface area (TPSA) is 30.5 Å². The van der Waals surface area contributed by atoms with Crippen molar-refractivity contribution in [3.8, 4) is 0 Å². The Morgan fingerprint density at radius 3 is 2.68 bits per heavy atom. The van der Waals surface area contributed by atoms with Crippen LogP contribution < -0.4 is 5.32 Å². The zero-order chi connectivity index (χ0) is 17.6. The molecule has 0 radical (unpaired) electrons. The Morgan fingerprint density at radius 2 is 1.96 bits per heavy atom. The highest BCUT2D eigenvalue weighted by atomic mass is 19.2. The van der Waals surface area contributed by atoms with Crippen molar-refractivity contribution in [2.75, 3.05) is 20.3 Å². The first-order chi connectivity index (χ1) is 12.2. The van der Waals surface area contributed by atoms with Gasteiger partial charge in [-0.3, -0.25) is 0 Å². The summed E-state index contributed by atoms with van der Waals surface area (Å²) in [6, 6.07) is 14.3. The van der Waals surface area contributed by atoms with Gasteiger partial charge in [0.2, 0.25) is 0 Å². The summed E-state index contributed by atoms with van der Waals surface area (Å²) in [5.74, 6) is -1.68.